The van der Waals surface area contributed by atoms with E-state index < -0.39 is 21.4 Å². The van der Waals surface area contributed by atoms with Gasteiger partial charge in [0.15, 0.2) is 0 Å². The SMILES string of the molecule is CCC(CC)(CN)NS(=O)(=O)c1cc(C)ccc1F.Cl. The Kier molecular flexibility index (Phi) is 7.10. The molecule has 116 valence electrons. The third kappa shape index (κ3) is 4.15. The molecule has 4 nitrogen and oxygen atoms in total. The van der Waals surface area contributed by atoms with Crippen LogP contribution in [0.25, 0.3) is 0 Å². The molecule has 0 radical (unpaired) electrons. The van der Waals surface area contributed by atoms with Crippen molar-refractivity contribution in [2.45, 2.75) is 44.0 Å². The van der Waals surface area contributed by atoms with E-state index in [0.717, 1.165) is 6.07 Å². The first-order valence-electron chi connectivity index (χ1n) is 6.30. The van der Waals surface area contributed by atoms with Gasteiger partial charge in [-0.25, -0.2) is 17.5 Å². The van der Waals surface area contributed by atoms with Gasteiger partial charge in [-0.15, -0.1) is 12.4 Å². The predicted molar refractivity (Wildman–Crippen MR) is 81.1 cm³/mol. The lowest BCUT2D eigenvalue weighted by molar-refractivity contribution is 0.362. The number of sulfonamides is 1. The zero-order valence-electron chi connectivity index (χ0n) is 11.9. The van der Waals surface area contributed by atoms with Crippen molar-refractivity contribution in [3.05, 3.63) is 29.6 Å². The molecule has 0 saturated heterocycles. The molecule has 0 spiro atoms. The van der Waals surface area contributed by atoms with E-state index >= 15 is 0 Å². The van der Waals surface area contributed by atoms with Gasteiger partial charge >= 0.3 is 0 Å². The summed E-state index contributed by atoms with van der Waals surface area (Å²) in [5, 5.41) is 0. The first-order valence-corrected chi connectivity index (χ1v) is 7.78. The standard InChI is InChI=1S/C13H21FN2O2S.ClH/c1-4-13(5-2,9-15)16-19(17,18)12-8-10(3)6-7-11(12)14;/h6-8,16H,4-5,9,15H2,1-3H3;1H. The molecule has 1 rings (SSSR count). The van der Waals surface area contributed by atoms with Crippen LogP contribution in [0.3, 0.4) is 0 Å². The summed E-state index contributed by atoms with van der Waals surface area (Å²) in [7, 11) is -3.91. The highest BCUT2D eigenvalue weighted by atomic mass is 35.5. The van der Waals surface area contributed by atoms with E-state index in [1.807, 2.05) is 13.8 Å². The fourth-order valence-corrected chi connectivity index (χ4v) is 3.60. The highest BCUT2D eigenvalue weighted by Crippen LogP contribution is 2.21. The van der Waals surface area contributed by atoms with Crippen molar-refractivity contribution in [1.29, 1.82) is 0 Å². The van der Waals surface area contributed by atoms with Crippen molar-refractivity contribution in [3.8, 4) is 0 Å². The lowest BCUT2D eigenvalue weighted by Gasteiger charge is -2.31. The Morgan fingerprint density at radius 3 is 2.30 bits per heavy atom. The molecule has 0 amide bonds. The zero-order valence-corrected chi connectivity index (χ0v) is 13.6. The summed E-state index contributed by atoms with van der Waals surface area (Å²) in [5.74, 6) is -0.753. The minimum Gasteiger partial charge on any atom is -0.329 e. The predicted octanol–water partition coefficient (Wildman–Crippen LogP) is 2.35. The van der Waals surface area contributed by atoms with E-state index in [0.29, 0.717) is 18.4 Å². The lowest BCUT2D eigenvalue weighted by Crippen LogP contribution is -2.52. The average Bonchev–Trinajstić information content (AvgIpc) is 2.39. The maximum atomic E-state index is 13.7. The smallest absolute Gasteiger partial charge is 0.244 e. The summed E-state index contributed by atoms with van der Waals surface area (Å²) in [4.78, 5) is -0.327. The van der Waals surface area contributed by atoms with Gasteiger partial charge in [0.1, 0.15) is 10.7 Å². The molecule has 0 saturated carbocycles. The number of halogens is 2. The molecule has 0 aliphatic rings. The summed E-state index contributed by atoms with van der Waals surface area (Å²) in [6.07, 6.45) is 1.10. The maximum absolute atomic E-state index is 13.7. The molecule has 0 aromatic heterocycles. The Labute approximate surface area is 126 Å². The van der Waals surface area contributed by atoms with Crippen LogP contribution >= 0.6 is 12.4 Å². The second-order valence-electron chi connectivity index (χ2n) is 4.73. The summed E-state index contributed by atoms with van der Waals surface area (Å²) in [5.41, 5.74) is 5.62. The largest absolute Gasteiger partial charge is 0.329 e. The molecule has 0 bridgehead atoms. The third-order valence-electron chi connectivity index (χ3n) is 3.47. The second kappa shape index (κ2) is 7.36. The third-order valence-corrected chi connectivity index (χ3v) is 5.07. The fourth-order valence-electron chi connectivity index (χ4n) is 1.88. The lowest BCUT2D eigenvalue weighted by atomic mass is 9.95. The van der Waals surface area contributed by atoms with E-state index in [2.05, 4.69) is 4.72 Å². The summed E-state index contributed by atoms with van der Waals surface area (Å²) < 4.78 is 40.8. The number of aryl methyl sites for hydroxylation is 1. The molecule has 1 aromatic carbocycles. The van der Waals surface area contributed by atoms with Gasteiger partial charge in [-0.3, -0.25) is 0 Å². The van der Waals surface area contributed by atoms with E-state index in [9.17, 15) is 12.8 Å². The Morgan fingerprint density at radius 2 is 1.85 bits per heavy atom. The number of nitrogens with one attached hydrogen (secondary N) is 1. The molecule has 0 unspecified atom stereocenters. The molecule has 7 heteroatoms. The number of hydrogen-bond acceptors (Lipinski definition) is 3. The Balaban J connectivity index is 0.00000361. The van der Waals surface area contributed by atoms with E-state index in [1.165, 1.54) is 12.1 Å². The molecule has 0 atom stereocenters. The molecule has 0 heterocycles. The summed E-state index contributed by atoms with van der Waals surface area (Å²) in [6.45, 7) is 5.60. The molecule has 0 aliphatic carbocycles. The van der Waals surface area contributed by atoms with Crippen LogP contribution in [0.15, 0.2) is 23.1 Å². The summed E-state index contributed by atoms with van der Waals surface area (Å²) in [6, 6.07) is 4.01. The highest BCUT2D eigenvalue weighted by Gasteiger charge is 2.32. The molecule has 0 aliphatic heterocycles. The monoisotopic (exact) mass is 324 g/mol. The van der Waals surface area contributed by atoms with Gasteiger partial charge in [-0.2, -0.15) is 0 Å². The van der Waals surface area contributed by atoms with Crippen molar-refractivity contribution >= 4 is 22.4 Å². The molecule has 1 aromatic rings. The van der Waals surface area contributed by atoms with E-state index in [-0.39, 0.29) is 23.8 Å². The fraction of sp³-hybridized carbons (Fsp3) is 0.538. The quantitative estimate of drug-likeness (QED) is 0.843. The van der Waals surface area contributed by atoms with Crippen LogP contribution in [0.4, 0.5) is 4.39 Å². The number of hydrogen-bond donors (Lipinski definition) is 2. The maximum Gasteiger partial charge on any atom is 0.244 e. The van der Waals surface area contributed by atoms with Crippen molar-refractivity contribution < 1.29 is 12.8 Å². The Morgan fingerprint density at radius 1 is 1.30 bits per heavy atom. The molecule has 0 fully saturated rings. The normalized spacial score (nSPS) is 12.1. The Bertz CT molecular complexity index is 537. The van der Waals surface area contributed by atoms with Gasteiger partial charge in [0.2, 0.25) is 10.0 Å². The van der Waals surface area contributed by atoms with Crippen molar-refractivity contribution in [1.82, 2.24) is 4.72 Å². The minimum absolute atomic E-state index is 0. The van der Waals surface area contributed by atoms with Crippen molar-refractivity contribution in [3.63, 3.8) is 0 Å². The molecular weight excluding hydrogens is 303 g/mol. The minimum atomic E-state index is -3.91. The number of rotatable bonds is 6. The van der Waals surface area contributed by atoms with Crippen LogP contribution in [0, 0.1) is 12.7 Å². The van der Waals surface area contributed by atoms with Gasteiger partial charge < -0.3 is 5.73 Å². The first kappa shape index (κ1) is 19.3. The highest BCUT2D eigenvalue weighted by molar-refractivity contribution is 7.89. The van der Waals surface area contributed by atoms with Gasteiger partial charge in [-0.1, -0.05) is 19.9 Å². The van der Waals surface area contributed by atoms with Crippen LogP contribution < -0.4 is 10.5 Å². The van der Waals surface area contributed by atoms with E-state index in [1.54, 1.807) is 6.92 Å². The molecular formula is C13H22ClFN2O2S. The topological polar surface area (TPSA) is 72.2 Å². The average molecular weight is 325 g/mol. The van der Waals surface area contributed by atoms with Gasteiger partial charge in [-0.05, 0) is 37.5 Å². The van der Waals surface area contributed by atoms with Gasteiger partial charge in [0, 0.05) is 12.1 Å². The van der Waals surface area contributed by atoms with Crippen LogP contribution in [-0.2, 0) is 10.0 Å². The number of nitrogens with two attached hydrogens (primary N) is 1. The van der Waals surface area contributed by atoms with E-state index in [4.69, 9.17) is 5.73 Å². The second-order valence-corrected chi connectivity index (χ2v) is 6.38. The van der Waals surface area contributed by atoms with Crippen LogP contribution in [0.1, 0.15) is 32.3 Å². The van der Waals surface area contributed by atoms with Gasteiger partial charge in [0.25, 0.3) is 0 Å². The first-order chi connectivity index (χ1) is 8.80. The number of benzene rings is 1. The molecule has 3 N–H and O–H groups in total. The van der Waals surface area contributed by atoms with Crippen LogP contribution in [-0.4, -0.2) is 20.5 Å². The van der Waals surface area contributed by atoms with Crippen LogP contribution in [0.2, 0.25) is 0 Å². The van der Waals surface area contributed by atoms with Gasteiger partial charge in [0.05, 0.1) is 0 Å². The Hall–Kier alpha value is -0.690. The zero-order chi connectivity index (χ0) is 14.7. The van der Waals surface area contributed by atoms with Crippen LogP contribution in [0.5, 0.6) is 0 Å². The molecule has 20 heavy (non-hydrogen) atoms. The summed E-state index contributed by atoms with van der Waals surface area (Å²) >= 11 is 0. The van der Waals surface area contributed by atoms with Crippen molar-refractivity contribution in [2.24, 2.45) is 5.73 Å². The van der Waals surface area contributed by atoms with Crippen molar-refractivity contribution in [2.75, 3.05) is 6.54 Å².